The van der Waals surface area contributed by atoms with E-state index >= 15 is 0 Å². The number of hydrogen-bond acceptors (Lipinski definition) is 4. The molecule has 0 aliphatic carbocycles. The first-order chi connectivity index (χ1) is 23.8. The fraction of sp³-hybridized carbons (Fsp3) is 0. The van der Waals surface area contributed by atoms with E-state index in [1.54, 1.807) is 0 Å². The lowest BCUT2D eigenvalue weighted by molar-refractivity contribution is 0.669. The van der Waals surface area contributed by atoms with E-state index in [0.29, 0.717) is 17.6 Å². The highest BCUT2D eigenvalue weighted by Gasteiger charge is 2.20. The largest absolute Gasteiger partial charge is 0.456 e. The maximum Gasteiger partial charge on any atom is 0.238 e. The van der Waals surface area contributed by atoms with Crippen LogP contribution in [0.25, 0.3) is 94.4 Å². The molecule has 5 nitrogen and oxygen atoms in total. The van der Waals surface area contributed by atoms with Crippen molar-refractivity contribution in [3.63, 3.8) is 0 Å². The third kappa shape index (κ3) is 4.15. The zero-order valence-corrected chi connectivity index (χ0v) is 25.7. The molecule has 0 N–H and O–H groups in total. The lowest BCUT2D eigenvalue weighted by Gasteiger charge is -2.12. The van der Waals surface area contributed by atoms with Crippen molar-refractivity contribution in [1.29, 1.82) is 0 Å². The van der Waals surface area contributed by atoms with Crippen LogP contribution in [0.4, 0.5) is 0 Å². The summed E-state index contributed by atoms with van der Waals surface area (Å²) in [5, 5.41) is 6.61. The first-order valence-corrected chi connectivity index (χ1v) is 16.0. The van der Waals surface area contributed by atoms with E-state index in [0.717, 1.165) is 65.6 Å². The molecule has 0 amide bonds. The molecule has 0 aliphatic heterocycles. The predicted molar refractivity (Wildman–Crippen MR) is 195 cm³/mol. The summed E-state index contributed by atoms with van der Waals surface area (Å²) in [6, 6.07) is 54.5. The Morgan fingerprint density at radius 3 is 1.79 bits per heavy atom. The molecule has 3 aromatic heterocycles. The summed E-state index contributed by atoms with van der Waals surface area (Å²) < 4.78 is 8.41. The molecule has 7 aromatic carbocycles. The van der Waals surface area contributed by atoms with Gasteiger partial charge in [-0.05, 0) is 58.3 Å². The van der Waals surface area contributed by atoms with Crippen molar-refractivity contribution in [1.82, 2.24) is 19.5 Å². The van der Waals surface area contributed by atoms with Gasteiger partial charge in [0.15, 0.2) is 11.6 Å². The Bertz CT molecular complexity index is 2800. The maximum absolute atomic E-state index is 6.26. The van der Waals surface area contributed by atoms with Gasteiger partial charge in [-0.1, -0.05) is 121 Å². The highest BCUT2D eigenvalue weighted by atomic mass is 16.3. The molecule has 0 atom stereocenters. The van der Waals surface area contributed by atoms with Gasteiger partial charge in [0, 0.05) is 32.7 Å². The normalized spacial score (nSPS) is 11.8. The van der Waals surface area contributed by atoms with Crippen LogP contribution in [0.3, 0.4) is 0 Å². The summed E-state index contributed by atoms with van der Waals surface area (Å²) in [5.41, 5.74) is 7.92. The highest BCUT2D eigenvalue weighted by molar-refractivity contribution is 6.12. The van der Waals surface area contributed by atoms with Crippen molar-refractivity contribution >= 4 is 54.5 Å². The van der Waals surface area contributed by atoms with E-state index in [4.69, 9.17) is 19.4 Å². The quantitative estimate of drug-likeness (QED) is 0.198. The van der Waals surface area contributed by atoms with Crippen LogP contribution >= 0.6 is 0 Å². The zero-order valence-electron chi connectivity index (χ0n) is 25.7. The van der Waals surface area contributed by atoms with E-state index in [9.17, 15) is 0 Å². The Labute approximate surface area is 275 Å². The number of benzene rings is 7. The average Bonchev–Trinajstić information content (AvgIpc) is 3.71. The Morgan fingerprint density at radius 1 is 0.417 bits per heavy atom. The third-order valence-electron chi connectivity index (χ3n) is 9.25. The minimum Gasteiger partial charge on any atom is -0.456 e. The second kappa shape index (κ2) is 10.5. The Kier molecular flexibility index (Phi) is 5.81. The number of nitrogens with zero attached hydrogens (tertiary/aromatic N) is 4. The molecule has 0 aliphatic rings. The zero-order chi connectivity index (χ0) is 31.6. The minimum absolute atomic E-state index is 0.566. The lowest BCUT2D eigenvalue weighted by atomic mass is 10.00. The first kappa shape index (κ1) is 26.6. The molecule has 3 heterocycles. The van der Waals surface area contributed by atoms with Gasteiger partial charge in [0.2, 0.25) is 5.95 Å². The molecule has 10 rings (SSSR count). The predicted octanol–water partition coefficient (Wildman–Crippen LogP) is 11.0. The Balaban J connectivity index is 1.23. The van der Waals surface area contributed by atoms with E-state index in [2.05, 4.69) is 126 Å². The van der Waals surface area contributed by atoms with E-state index in [1.807, 2.05) is 36.4 Å². The van der Waals surface area contributed by atoms with Gasteiger partial charge in [-0.3, -0.25) is 4.57 Å². The summed E-state index contributed by atoms with van der Waals surface area (Å²) in [4.78, 5) is 15.6. The topological polar surface area (TPSA) is 56.7 Å². The van der Waals surface area contributed by atoms with E-state index < -0.39 is 0 Å². The molecular formula is C43H26N4O. The number of para-hydroxylation sites is 3. The fourth-order valence-electron chi connectivity index (χ4n) is 7.01. The van der Waals surface area contributed by atoms with Gasteiger partial charge in [-0.25, -0.2) is 4.98 Å². The summed E-state index contributed by atoms with van der Waals surface area (Å²) in [5.74, 6) is 1.76. The number of fused-ring (bicyclic) bond motifs is 7. The molecule has 0 radical (unpaired) electrons. The number of hydrogen-bond donors (Lipinski definition) is 0. The van der Waals surface area contributed by atoms with Crippen molar-refractivity contribution in [2.75, 3.05) is 0 Å². The van der Waals surface area contributed by atoms with E-state index in [1.165, 1.54) is 11.1 Å². The van der Waals surface area contributed by atoms with Gasteiger partial charge in [0.05, 0.1) is 11.0 Å². The summed E-state index contributed by atoms with van der Waals surface area (Å²) >= 11 is 0. The fourth-order valence-corrected chi connectivity index (χ4v) is 7.01. The van der Waals surface area contributed by atoms with Gasteiger partial charge in [0.1, 0.15) is 11.2 Å². The summed E-state index contributed by atoms with van der Waals surface area (Å²) in [6.07, 6.45) is 0. The Hall–Kier alpha value is -6.59. The third-order valence-corrected chi connectivity index (χ3v) is 9.25. The maximum atomic E-state index is 6.26. The van der Waals surface area contributed by atoms with Gasteiger partial charge >= 0.3 is 0 Å². The molecule has 48 heavy (non-hydrogen) atoms. The minimum atomic E-state index is 0.566. The highest BCUT2D eigenvalue weighted by Crippen LogP contribution is 2.37. The molecule has 0 fully saturated rings. The second-order valence-electron chi connectivity index (χ2n) is 12.1. The van der Waals surface area contributed by atoms with Crippen molar-refractivity contribution in [3.05, 3.63) is 158 Å². The van der Waals surface area contributed by atoms with Gasteiger partial charge in [-0.15, -0.1) is 0 Å². The molecule has 0 saturated heterocycles. The molecule has 5 heteroatoms. The first-order valence-electron chi connectivity index (χ1n) is 16.0. The van der Waals surface area contributed by atoms with Crippen LogP contribution < -0.4 is 0 Å². The Morgan fingerprint density at radius 2 is 1.02 bits per heavy atom. The number of rotatable bonds is 4. The van der Waals surface area contributed by atoms with Crippen molar-refractivity contribution in [2.45, 2.75) is 0 Å². The molecule has 224 valence electrons. The van der Waals surface area contributed by atoms with Crippen molar-refractivity contribution < 1.29 is 4.42 Å². The van der Waals surface area contributed by atoms with Crippen molar-refractivity contribution in [3.8, 4) is 39.9 Å². The van der Waals surface area contributed by atoms with Gasteiger partial charge in [0.25, 0.3) is 0 Å². The monoisotopic (exact) mass is 614 g/mol. The van der Waals surface area contributed by atoms with Crippen LogP contribution in [0.2, 0.25) is 0 Å². The molecule has 0 saturated carbocycles. The summed E-state index contributed by atoms with van der Waals surface area (Å²) in [6.45, 7) is 0. The standard InChI is InChI=1S/C43H26N4O/c1-2-11-27(12-3-1)28-21-22-30-26-31(24-23-29(30)25-28)41-44-42(35-16-10-20-39-40(35)34-15-6-9-19-38(34)48-39)46-43(45-41)47-36-17-7-4-13-32(36)33-14-5-8-18-37(33)47/h1-26H. The lowest BCUT2D eigenvalue weighted by Crippen LogP contribution is -2.06. The molecule has 0 bridgehead atoms. The summed E-state index contributed by atoms with van der Waals surface area (Å²) in [7, 11) is 0. The molecule has 0 spiro atoms. The number of furan rings is 1. The second-order valence-corrected chi connectivity index (χ2v) is 12.1. The molecule has 0 unspecified atom stereocenters. The van der Waals surface area contributed by atoms with Crippen molar-refractivity contribution in [2.24, 2.45) is 0 Å². The molecular weight excluding hydrogens is 589 g/mol. The number of aromatic nitrogens is 4. The van der Waals surface area contributed by atoms with Crippen LogP contribution in [0, 0.1) is 0 Å². The van der Waals surface area contributed by atoms with Crippen LogP contribution in [-0.2, 0) is 0 Å². The van der Waals surface area contributed by atoms with Crippen LogP contribution in [0.15, 0.2) is 162 Å². The van der Waals surface area contributed by atoms with Crippen LogP contribution in [0.1, 0.15) is 0 Å². The van der Waals surface area contributed by atoms with Gasteiger partial charge < -0.3 is 4.42 Å². The van der Waals surface area contributed by atoms with Crippen LogP contribution in [-0.4, -0.2) is 19.5 Å². The SMILES string of the molecule is c1ccc(-c2ccc3cc(-c4nc(-c5cccc6oc7ccccc7c56)nc(-n5c6ccccc6c6ccccc65)n4)ccc3c2)cc1. The average molecular weight is 615 g/mol. The molecule has 10 aromatic rings. The van der Waals surface area contributed by atoms with E-state index in [-0.39, 0.29) is 0 Å². The van der Waals surface area contributed by atoms with Gasteiger partial charge in [-0.2, -0.15) is 9.97 Å². The van der Waals surface area contributed by atoms with Crippen LogP contribution in [0.5, 0.6) is 0 Å². The smallest absolute Gasteiger partial charge is 0.238 e.